The lowest BCUT2D eigenvalue weighted by molar-refractivity contribution is -0.134. The maximum Gasteiger partial charge on any atom is 0.240 e. The van der Waals surface area contributed by atoms with Crippen LogP contribution in [-0.4, -0.2) is 66.6 Å². The van der Waals surface area contributed by atoms with E-state index in [-0.39, 0.29) is 6.04 Å². The lowest BCUT2D eigenvalue weighted by atomic mass is 10.0. The number of nitrogens with one attached hydrogen (secondary N) is 1. The number of likely N-dealkylation sites (tertiary alicyclic amines) is 1. The van der Waals surface area contributed by atoms with E-state index in [2.05, 4.69) is 24.3 Å². The van der Waals surface area contributed by atoms with Crippen LogP contribution in [0.15, 0.2) is 0 Å². The van der Waals surface area contributed by atoms with Crippen LogP contribution < -0.4 is 5.32 Å². The van der Waals surface area contributed by atoms with Crippen LogP contribution in [0.1, 0.15) is 12.8 Å². The molecule has 2 unspecified atom stereocenters. The molecule has 2 saturated heterocycles. The highest BCUT2D eigenvalue weighted by Crippen LogP contribution is 2.17. The van der Waals surface area contributed by atoms with E-state index in [0.29, 0.717) is 11.9 Å². The number of carbonyl (C=O) groups excluding carboxylic acids is 1. The molecule has 92 valence electrons. The number of thioether (sulfide) groups is 1. The molecular formula is C11H21N3OS. The Morgan fingerprint density at radius 2 is 2.31 bits per heavy atom. The number of carbonyl (C=O) groups is 1. The van der Waals surface area contributed by atoms with Crippen molar-refractivity contribution in [2.75, 3.05) is 38.8 Å². The number of hydrogen-bond acceptors (Lipinski definition) is 4. The van der Waals surface area contributed by atoms with Crippen molar-refractivity contribution in [3.63, 3.8) is 0 Å². The molecule has 0 radical (unpaired) electrons. The van der Waals surface area contributed by atoms with Crippen LogP contribution in [0.3, 0.4) is 0 Å². The van der Waals surface area contributed by atoms with Gasteiger partial charge in [-0.3, -0.25) is 10.1 Å². The molecule has 0 spiro atoms. The number of nitrogens with zero attached hydrogens (tertiary/aromatic N) is 2. The maximum atomic E-state index is 12.2. The number of amides is 1. The fourth-order valence-corrected chi connectivity index (χ4v) is 3.28. The zero-order valence-corrected chi connectivity index (χ0v) is 10.9. The smallest absolute Gasteiger partial charge is 0.240 e. The zero-order chi connectivity index (χ0) is 11.5. The number of hydrogen-bond donors (Lipinski definition) is 1. The highest BCUT2D eigenvalue weighted by atomic mass is 32.2. The average Bonchev–Trinajstić information content (AvgIpc) is 2.81. The van der Waals surface area contributed by atoms with Crippen LogP contribution in [0.25, 0.3) is 0 Å². The molecule has 2 heterocycles. The van der Waals surface area contributed by atoms with Crippen molar-refractivity contribution in [2.24, 2.45) is 0 Å². The van der Waals surface area contributed by atoms with E-state index in [4.69, 9.17) is 0 Å². The third-order valence-corrected chi connectivity index (χ3v) is 4.39. The Kier molecular flexibility index (Phi) is 4.10. The summed E-state index contributed by atoms with van der Waals surface area (Å²) in [6.45, 7) is 1.83. The first-order valence-electron chi connectivity index (χ1n) is 5.95. The van der Waals surface area contributed by atoms with Gasteiger partial charge in [0, 0.05) is 30.8 Å². The minimum Gasteiger partial charge on any atom is -0.340 e. The van der Waals surface area contributed by atoms with Gasteiger partial charge in [-0.05, 0) is 26.9 Å². The van der Waals surface area contributed by atoms with Crippen LogP contribution >= 0.6 is 11.8 Å². The molecule has 16 heavy (non-hydrogen) atoms. The molecule has 2 aliphatic heterocycles. The van der Waals surface area contributed by atoms with E-state index in [1.165, 1.54) is 6.42 Å². The fourth-order valence-electron chi connectivity index (χ4n) is 2.35. The lowest BCUT2D eigenvalue weighted by Gasteiger charge is -2.37. The van der Waals surface area contributed by atoms with Crippen molar-refractivity contribution in [3.8, 4) is 0 Å². The topological polar surface area (TPSA) is 35.6 Å². The Balaban J connectivity index is 1.90. The predicted molar refractivity (Wildman–Crippen MR) is 67.5 cm³/mol. The molecule has 0 saturated carbocycles. The highest BCUT2D eigenvalue weighted by Gasteiger charge is 2.31. The first-order chi connectivity index (χ1) is 7.68. The molecule has 0 aromatic rings. The quantitative estimate of drug-likeness (QED) is 0.752. The van der Waals surface area contributed by atoms with Gasteiger partial charge in [0.15, 0.2) is 0 Å². The van der Waals surface area contributed by atoms with Crippen molar-refractivity contribution < 1.29 is 4.79 Å². The standard InChI is InChI=1S/C11H21N3OS/c1-13(2)9-4-3-5-14(6-9)11(15)10-7-16-8-12-10/h9-10,12H,3-8H2,1-2H3. The van der Waals surface area contributed by atoms with Gasteiger partial charge in [0.2, 0.25) is 5.91 Å². The van der Waals surface area contributed by atoms with Crippen LogP contribution in [0, 0.1) is 0 Å². The van der Waals surface area contributed by atoms with Gasteiger partial charge < -0.3 is 9.80 Å². The van der Waals surface area contributed by atoms with E-state index in [9.17, 15) is 4.79 Å². The Morgan fingerprint density at radius 3 is 2.94 bits per heavy atom. The molecule has 0 aliphatic carbocycles. The highest BCUT2D eigenvalue weighted by molar-refractivity contribution is 7.99. The van der Waals surface area contributed by atoms with Gasteiger partial charge in [-0.2, -0.15) is 0 Å². The minimum absolute atomic E-state index is 0.0610. The summed E-state index contributed by atoms with van der Waals surface area (Å²) in [7, 11) is 4.20. The summed E-state index contributed by atoms with van der Waals surface area (Å²) in [6.07, 6.45) is 2.35. The predicted octanol–water partition coefficient (Wildman–Crippen LogP) is 0.202. The summed E-state index contributed by atoms with van der Waals surface area (Å²) < 4.78 is 0. The second kappa shape index (κ2) is 5.38. The Morgan fingerprint density at radius 1 is 1.50 bits per heavy atom. The van der Waals surface area contributed by atoms with Crippen molar-refractivity contribution in [2.45, 2.75) is 24.9 Å². The first kappa shape index (κ1) is 12.2. The Bertz CT molecular complexity index is 254. The van der Waals surface area contributed by atoms with E-state index in [0.717, 1.165) is 31.1 Å². The molecule has 2 atom stereocenters. The van der Waals surface area contributed by atoms with Gasteiger partial charge in [-0.1, -0.05) is 0 Å². The SMILES string of the molecule is CN(C)C1CCCN(C(=O)C2CSCN2)C1. The number of piperidine rings is 1. The summed E-state index contributed by atoms with van der Waals surface area (Å²) in [5.74, 6) is 2.15. The molecule has 2 aliphatic rings. The summed E-state index contributed by atoms with van der Waals surface area (Å²) in [5.41, 5.74) is 0. The zero-order valence-electron chi connectivity index (χ0n) is 10.1. The van der Waals surface area contributed by atoms with Crippen molar-refractivity contribution in [3.05, 3.63) is 0 Å². The molecule has 0 aromatic carbocycles. The van der Waals surface area contributed by atoms with Gasteiger partial charge in [-0.15, -0.1) is 11.8 Å². The van der Waals surface area contributed by atoms with E-state index in [1.807, 2.05) is 16.7 Å². The van der Waals surface area contributed by atoms with E-state index in [1.54, 1.807) is 0 Å². The molecule has 0 bridgehead atoms. The van der Waals surface area contributed by atoms with Gasteiger partial charge in [0.1, 0.15) is 0 Å². The monoisotopic (exact) mass is 243 g/mol. The molecule has 1 amide bonds. The first-order valence-corrected chi connectivity index (χ1v) is 7.10. The van der Waals surface area contributed by atoms with Crippen LogP contribution in [0.4, 0.5) is 0 Å². The Hall–Kier alpha value is -0.260. The number of likely N-dealkylation sites (N-methyl/N-ethyl adjacent to an activating group) is 1. The lowest BCUT2D eigenvalue weighted by Crippen LogP contribution is -2.52. The van der Waals surface area contributed by atoms with Crippen molar-refractivity contribution in [1.82, 2.24) is 15.1 Å². The van der Waals surface area contributed by atoms with Gasteiger partial charge in [-0.25, -0.2) is 0 Å². The van der Waals surface area contributed by atoms with Gasteiger partial charge >= 0.3 is 0 Å². The van der Waals surface area contributed by atoms with Gasteiger partial charge in [0.25, 0.3) is 0 Å². The van der Waals surface area contributed by atoms with E-state index < -0.39 is 0 Å². The van der Waals surface area contributed by atoms with Crippen molar-refractivity contribution >= 4 is 17.7 Å². The summed E-state index contributed by atoms with van der Waals surface area (Å²) in [6, 6.07) is 0.595. The molecule has 5 heteroatoms. The molecule has 2 rings (SSSR count). The molecule has 1 N–H and O–H groups in total. The second-order valence-electron chi connectivity index (χ2n) is 4.82. The maximum absolute atomic E-state index is 12.2. The largest absolute Gasteiger partial charge is 0.340 e. The molecule has 2 fully saturated rings. The van der Waals surface area contributed by atoms with Crippen LogP contribution in [0.5, 0.6) is 0 Å². The third-order valence-electron chi connectivity index (χ3n) is 3.45. The normalized spacial score (nSPS) is 31.1. The fraction of sp³-hybridized carbons (Fsp3) is 0.909. The second-order valence-corrected chi connectivity index (χ2v) is 5.85. The third kappa shape index (κ3) is 2.70. The average molecular weight is 243 g/mol. The molecule has 4 nitrogen and oxygen atoms in total. The summed E-state index contributed by atoms with van der Waals surface area (Å²) >= 11 is 1.81. The summed E-state index contributed by atoms with van der Waals surface area (Å²) in [5, 5.41) is 3.26. The molecule has 0 aromatic heterocycles. The van der Waals surface area contributed by atoms with Crippen molar-refractivity contribution in [1.29, 1.82) is 0 Å². The summed E-state index contributed by atoms with van der Waals surface area (Å²) in [4.78, 5) is 16.5. The molecular weight excluding hydrogens is 222 g/mol. The van der Waals surface area contributed by atoms with Crippen LogP contribution in [0.2, 0.25) is 0 Å². The number of rotatable bonds is 2. The van der Waals surface area contributed by atoms with Gasteiger partial charge in [0.05, 0.1) is 6.04 Å². The van der Waals surface area contributed by atoms with E-state index >= 15 is 0 Å². The minimum atomic E-state index is 0.0610. The van der Waals surface area contributed by atoms with Crippen LogP contribution in [-0.2, 0) is 4.79 Å². The Labute approximate surface area is 102 Å².